The minimum Gasteiger partial charge on any atom is -0.352 e. The normalized spacial score (nSPS) is 17.4. The third-order valence-corrected chi connectivity index (χ3v) is 6.12. The number of anilines is 1. The number of benzene rings is 1. The highest BCUT2D eigenvalue weighted by atomic mass is 16.1. The van der Waals surface area contributed by atoms with Crippen molar-refractivity contribution >= 4 is 16.6 Å². The predicted molar refractivity (Wildman–Crippen MR) is 113 cm³/mol. The monoisotopic (exact) mass is 390 g/mol. The molecule has 29 heavy (non-hydrogen) atoms. The Morgan fingerprint density at radius 3 is 2.69 bits per heavy atom. The van der Waals surface area contributed by atoms with Gasteiger partial charge in [0.25, 0.3) is 5.56 Å². The van der Waals surface area contributed by atoms with Gasteiger partial charge in [0.15, 0.2) is 5.82 Å². The summed E-state index contributed by atoms with van der Waals surface area (Å²) >= 11 is 0. The number of nitrogens with zero attached hydrogens (tertiary/aromatic N) is 6. The van der Waals surface area contributed by atoms with E-state index in [1.54, 1.807) is 10.7 Å². The highest BCUT2D eigenvalue weighted by Crippen LogP contribution is 2.24. The number of fused-ring (bicyclic) bond motifs is 2. The zero-order chi connectivity index (χ0) is 19.6. The van der Waals surface area contributed by atoms with Crippen LogP contribution >= 0.6 is 0 Å². The summed E-state index contributed by atoms with van der Waals surface area (Å²) in [5.41, 5.74) is 2.31. The highest BCUT2D eigenvalue weighted by molar-refractivity contribution is 5.91. The summed E-state index contributed by atoms with van der Waals surface area (Å²) in [6.07, 6.45) is 6.16. The molecule has 7 heteroatoms. The Kier molecular flexibility index (Phi) is 4.97. The minimum atomic E-state index is 0.0373. The topological polar surface area (TPSA) is 67.2 Å². The Labute approximate surface area is 170 Å². The molecule has 1 saturated heterocycles. The average Bonchev–Trinajstić information content (AvgIpc) is 2.78. The molecule has 0 spiro atoms. The first-order valence-corrected chi connectivity index (χ1v) is 10.6. The minimum absolute atomic E-state index is 0.0373. The Bertz CT molecular complexity index is 1070. The van der Waals surface area contributed by atoms with Gasteiger partial charge in [-0.05, 0) is 31.2 Å². The molecule has 1 aliphatic heterocycles. The number of hydrogen-bond acceptors (Lipinski definition) is 6. The predicted octanol–water partition coefficient (Wildman–Crippen LogP) is 1.89. The summed E-state index contributed by atoms with van der Waals surface area (Å²) in [5, 5.41) is 15.5. The SMILES string of the molecule is O=c1cc2c(nn1CCN1CCN(c3nncc4ccccc34)CC1)CCCC2. The van der Waals surface area contributed by atoms with Crippen LogP contribution in [0.5, 0.6) is 0 Å². The second kappa shape index (κ2) is 7.91. The fourth-order valence-corrected chi connectivity index (χ4v) is 4.43. The molecule has 0 saturated carbocycles. The van der Waals surface area contributed by atoms with Crippen molar-refractivity contribution in [2.75, 3.05) is 37.6 Å². The Morgan fingerprint density at radius 1 is 0.966 bits per heavy atom. The molecule has 150 valence electrons. The van der Waals surface area contributed by atoms with Crippen LogP contribution in [-0.4, -0.2) is 57.6 Å². The molecule has 0 bridgehead atoms. The first kappa shape index (κ1) is 18.2. The maximum atomic E-state index is 12.4. The van der Waals surface area contributed by atoms with E-state index in [9.17, 15) is 4.79 Å². The molecule has 0 unspecified atom stereocenters. The second-order valence-electron chi connectivity index (χ2n) is 7.97. The zero-order valence-electron chi connectivity index (χ0n) is 16.6. The number of rotatable bonds is 4. The smallest absolute Gasteiger partial charge is 0.267 e. The highest BCUT2D eigenvalue weighted by Gasteiger charge is 2.20. The van der Waals surface area contributed by atoms with Gasteiger partial charge in [-0.15, -0.1) is 5.10 Å². The van der Waals surface area contributed by atoms with Gasteiger partial charge in [0.1, 0.15) is 0 Å². The Hall–Kier alpha value is -2.80. The van der Waals surface area contributed by atoms with Crippen molar-refractivity contribution in [1.29, 1.82) is 0 Å². The van der Waals surface area contributed by atoms with Gasteiger partial charge in [-0.3, -0.25) is 9.69 Å². The quantitative estimate of drug-likeness (QED) is 0.678. The van der Waals surface area contributed by atoms with Crippen LogP contribution in [0.2, 0.25) is 0 Å². The van der Waals surface area contributed by atoms with E-state index in [0.29, 0.717) is 6.54 Å². The van der Waals surface area contributed by atoms with Crippen LogP contribution in [-0.2, 0) is 19.4 Å². The van der Waals surface area contributed by atoms with E-state index in [-0.39, 0.29) is 5.56 Å². The Morgan fingerprint density at radius 2 is 1.79 bits per heavy atom. The number of aryl methyl sites for hydroxylation is 2. The van der Waals surface area contributed by atoms with E-state index in [2.05, 4.69) is 37.2 Å². The second-order valence-corrected chi connectivity index (χ2v) is 7.97. The van der Waals surface area contributed by atoms with Gasteiger partial charge in [-0.2, -0.15) is 10.2 Å². The molecule has 0 atom stereocenters. The van der Waals surface area contributed by atoms with Gasteiger partial charge in [-0.1, -0.05) is 24.3 Å². The van der Waals surface area contributed by atoms with E-state index < -0.39 is 0 Å². The third kappa shape index (κ3) is 3.74. The van der Waals surface area contributed by atoms with Gasteiger partial charge in [0.05, 0.1) is 18.4 Å². The molecule has 1 aromatic carbocycles. The number of aromatic nitrogens is 4. The zero-order valence-corrected chi connectivity index (χ0v) is 16.6. The Balaban J connectivity index is 1.22. The van der Waals surface area contributed by atoms with Crippen LogP contribution in [0, 0.1) is 0 Å². The van der Waals surface area contributed by atoms with Gasteiger partial charge < -0.3 is 4.90 Å². The van der Waals surface area contributed by atoms with Crippen LogP contribution in [0.15, 0.2) is 41.3 Å². The lowest BCUT2D eigenvalue weighted by Gasteiger charge is -2.35. The lowest BCUT2D eigenvalue weighted by atomic mass is 9.97. The molecule has 3 heterocycles. The van der Waals surface area contributed by atoms with Crippen molar-refractivity contribution in [1.82, 2.24) is 24.9 Å². The van der Waals surface area contributed by atoms with Crippen molar-refractivity contribution in [3.8, 4) is 0 Å². The van der Waals surface area contributed by atoms with Crippen molar-refractivity contribution in [3.05, 3.63) is 58.1 Å². The van der Waals surface area contributed by atoms with Crippen LogP contribution < -0.4 is 10.5 Å². The summed E-state index contributed by atoms with van der Waals surface area (Å²) in [5.74, 6) is 0.968. The summed E-state index contributed by atoms with van der Waals surface area (Å²) in [6.45, 7) is 5.22. The summed E-state index contributed by atoms with van der Waals surface area (Å²) in [6, 6.07) is 10.1. The van der Waals surface area contributed by atoms with Gasteiger partial charge >= 0.3 is 0 Å². The molecule has 7 nitrogen and oxygen atoms in total. The molecule has 3 aromatic rings. The molecule has 5 rings (SSSR count). The largest absolute Gasteiger partial charge is 0.352 e. The van der Waals surface area contributed by atoms with Crippen LogP contribution in [0.25, 0.3) is 10.8 Å². The molecule has 1 aliphatic carbocycles. The molecule has 2 aromatic heterocycles. The summed E-state index contributed by atoms with van der Waals surface area (Å²) < 4.78 is 1.66. The van der Waals surface area contributed by atoms with E-state index in [1.165, 1.54) is 12.8 Å². The standard InChI is InChI=1S/C22H26N6O/c29-21-15-17-5-2-4-8-20(17)25-28(21)14-11-26-9-12-27(13-10-26)22-19-7-3-1-6-18(19)16-23-24-22/h1,3,6-7,15-16H,2,4-5,8-14H2. The van der Waals surface area contributed by atoms with Crippen molar-refractivity contribution in [3.63, 3.8) is 0 Å². The van der Waals surface area contributed by atoms with E-state index in [0.717, 1.165) is 73.4 Å². The first-order valence-electron chi connectivity index (χ1n) is 10.6. The lowest BCUT2D eigenvalue weighted by molar-refractivity contribution is 0.241. The van der Waals surface area contributed by atoms with Crippen molar-refractivity contribution in [2.24, 2.45) is 0 Å². The van der Waals surface area contributed by atoms with Crippen LogP contribution in [0.4, 0.5) is 5.82 Å². The lowest BCUT2D eigenvalue weighted by Crippen LogP contribution is -2.48. The molecule has 1 fully saturated rings. The maximum Gasteiger partial charge on any atom is 0.267 e. The number of hydrogen-bond donors (Lipinski definition) is 0. The van der Waals surface area contributed by atoms with Gasteiger partial charge in [0.2, 0.25) is 0 Å². The maximum absolute atomic E-state index is 12.4. The summed E-state index contributed by atoms with van der Waals surface area (Å²) in [4.78, 5) is 17.1. The fourth-order valence-electron chi connectivity index (χ4n) is 4.43. The molecule has 0 radical (unpaired) electrons. The molecular formula is C22H26N6O. The fraction of sp³-hybridized carbons (Fsp3) is 0.455. The van der Waals surface area contributed by atoms with Crippen molar-refractivity contribution in [2.45, 2.75) is 32.2 Å². The van der Waals surface area contributed by atoms with E-state index >= 15 is 0 Å². The van der Waals surface area contributed by atoms with Gasteiger partial charge in [0, 0.05) is 49.6 Å². The molecular weight excluding hydrogens is 364 g/mol. The number of piperazine rings is 1. The molecule has 0 N–H and O–H groups in total. The summed E-state index contributed by atoms with van der Waals surface area (Å²) in [7, 11) is 0. The van der Waals surface area contributed by atoms with Crippen LogP contribution in [0.1, 0.15) is 24.1 Å². The molecule has 2 aliphatic rings. The van der Waals surface area contributed by atoms with Gasteiger partial charge in [-0.25, -0.2) is 4.68 Å². The third-order valence-electron chi connectivity index (χ3n) is 6.12. The van der Waals surface area contributed by atoms with E-state index in [4.69, 9.17) is 0 Å². The molecule has 0 amide bonds. The first-order chi connectivity index (χ1) is 14.3. The van der Waals surface area contributed by atoms with Crippen molar-refractivity contribution < 1.29 is 0 Å². The van der Waals surface area contributed by atoms with Crippen LogP contribution in [0.3, 0.4) is 0 Å². The van der Waals surface area contributed by atoms with E-state index in [1.807, 2.05) is 18.3 Å². The average molecular weight is 390 g/mol.